The van der Waals surface area contributed by atoms with E-state index < -0.39 is 6.09 Å². The molecule has 0 unspecified atom stereocenters. The quantitative estimate of drug-likeness (QED) is 0.780. The van der Waals surface area contributed by atoms with E-state index in [4.69, 9.17) is 10.5 Å². The van der Waals surface area contributed by atoms with Gasteiger partial charge in [-0.05, 0) is 18.4 Å². The van der Waals surface area contributed by atoms with Crippen molar-refractivity contribution in [3.05, 3.63) is 22.4 Å². The Morgan fingerprint density at radius 2 is 2.58 bits per heavy atom. The summed E-state index contributed by atoms with van der Waals surface area (Å²) in [5.74, 6) is 0. The third kappa shape index (κ3) is 2.92. The highest BCUT2D eigenvalue weighted by Crippen LogP contribution is 2.12. The van der Waals surface area contributed by atoms with Gasteiger partial charge < -0.3 is 10.5 Å². The van der Waals surface area contributed by atoms with E-state index in [0.717, 1.165) is 6.42 Å². The number of carbonyl (C=O) groups is 1. The lowest BCUT2D eigenvalue weighted by Crippen LogP contribution is -2.21. The van der Waals surface area contributed by atoms with Crippen LogP contribution in [0.25, 0.3) is 0 Å². The average molecular weight is 185 g/mol. The highest BCUT2D eigenvalue weighted by atomic mass is 32.1. The Kier molecular flexibility index (Phi) is 3.10. The molecule has 0 saturated carbocycles. The molecule has 0 spiro atoms. The van der Waals surface area contributed by atoms with Crippen LogP contribution < -0.4 is 5.73 Å². The predicted octanol–water partition coefficient (Wildman–Crippen LogP) is 1.77. The van der Waals surface area contributed by atoms with E-state index in [1.807, 2.05) is 24.4 Å². The van der Waals surface area contributed by atoms with Crippen molar-refractivity contribution < 1.29 is 9.53 Å². The number of amides is 1. The summed E-state index contributed by atoms with van der Waals surface area (Å²) in [6, 6.07) is 3.97. The normalized spacial score (nSPS) is 12.4. The molecule has 2 N–H and O–H groups in total. The number of nitrogens with two attached hydrogens (primary N) is 1. The summed E-state index contributed by atoms with van der Waals surface area (Å²) in [4.78, 5) is 11.5. The number of hydrogen-bond acceptors (Lipinski definition) is 3. The van der Waals surface area contributed by atoms with E-state index in [2.05, 4.69) is 0 Å². The number of carbonyl (C=O) groups excluding carboxylic acids is 1. The maximum Gasteiger partial charge on any atom is 0.404 e. The standard InChI is InChI=1S/C8H11NO2S/c1-6(11-8(9)10)5-7-3-2-4-12-7/h2-4,6H,5H2,1H3,(H2,9,10)/t6-/m0/s1. The first kappa shape index (κ1) is 9.06. The van der Waals surface area contributed by atoms with E-state index in [1.54, 1.807) is 11.3 Å². The lowest BCUT2D eigenvalue weighted by atomic mass is 10.2. The molecule has 12 heavy (non-hydrogen) atoms. The Bertz CT molecular complexity index is 246. The van der Waals surface area contributed by atoms with Gasteiger partial charge in [-0.1, -0.05) is 6.07 Å². The molecule has 0 aliphatic heterocycles. The van der Waals surface area contributed by atoms with Crippen LogP contribution in [0.3, 0.4) is 0 Å². The van der Waals surface area contributed by atoms with Crippen molar-refractivity contribution in [1.82, 2.24) is 0 Å². The zero-order valence-corrected chi connectivity index (χ0v) is 7.64. The van der Waals surface area contributed by atoms with E-state index >= 15 is 0 Å². The van der Waals surface area contributed by atoms with Gasteiger partial charge in [0.15, 0.2) is 0 Å². The molecule has 0 aliphatic rings. The van der Waals surface area contributed by atoms with Gasteiger partial charge in [-0.2, -0.15) is 0 Å². The van der Waals surface area contributed by atoms with Gasteiger partial charge in [0.2, 0.25) is 0 Å². The summed E-state index contributed by atoms with van der Waals surface area (Å²) < 4.78 is 4.77. The van der Waals surface area contributed by atoms with Crippen LogP contribution in [0.4, 0.5) is 4.79 Å². The molecule has 1 atom stereocenters. The lowest BCUT2D eigenvalue weighted by molar-refractivity contribution is 0.117. The SMILES string of the molecule is C[C@@H](Cc1cccs1)OC(N)=O. The van der Waals surface area contributed by atoms with E-state index in [1.165, 1.54) is 4.88 Å². The molecule has 0 radical (unpaired) electrons. The number of hydrogen-bond donors (Lipinski definition) is 1. The molecule has 0 saturated heterocycles. The van der Waals surface area contributed by atoms with E-state index in [0.29, 0.717) is 0 Å². The summed E-state index contributed by atoms with van der Waals surface area (Å²) >= 11 is 1.65. The zero-order chi connectivity index (χ0) is 8.97. The first-order valence-corrected chi connectivity index (χ1v) is 4.55. The Morgan fingerprint density at radius 3 is 3.08 bits per heavy atom. The summed E-state index contributed by atoms with van der Waals surface area (Å²) in [5.41, 5.74) is 4.86. The second-order valence-electron chi connectivity index (χ2n) is 2.53. The van der Waals surface area contributed by atoms with Crippen LogP contribution in [0.2, 0.25) is 0 Å². The summed E-state index contributed by atoms with van der Waals surface area (Å²) in [6.45, 7) is 1.82. The summed E-state index contributed by atoms with van der Waals surface area (Å²) in [6.07, 6.45) is -0.110. The fourth-order valence-electron chi connectivity index (χ4n) is 0.952. The van der Waals surface area contributed by atoms with Crippen molar-refractivity contribution >= 4 is 17.4 Å². The van der Waals surface area contributed by atoms with Crippen LogP contribution >= 0.6 is 11.3 Å². The van der Waals surface area contributed by atoms with Crippen LogP contribution in [-0.2, 0) is 11.2 Å². The van der Waals surface area contributed by atoms with Crippen molar-refractivity contribution in [3.63, 3.8) is 0 Å². The molecule has 3 nitrogen and oxygen atoms in total. The Balaban J connectivity index is 2.36. The number of ether oxygens (including phenoxy) is 1. The number of thiophene rings is 1. The Hall–Kier alpha value is -1.03. The monoisotopic (exact) mass is 185 g/mol. The first-order valence-electron chi connectivity index (χ1n) is 3.67. The van der Waals surface area contributed by atoms with Crippen LogP contribution in [0.15, 0.2) is 17.5 Å². The van der Waals surface area contributed by atoms with Gasteiger partial charge in [-0.3, -0.25) is 0 Å². The van der Waals surface area contributed by atoms with Crippen molar-refractivity contribution in [3.8, 4) is 0 Å². The summed E-state index contributed by atoms with van der Waals surface area (Å²) in [7, 11) is 0. The minimum atomic E-state index is -0.709. The maximum atomic E-state index is 10.3. The van der Waals surface area contributed by atoms with Crippen LogP contribution in [0, 0.1) is 0 Å². The van der Waals surface area contributed by atoms with Gasteiger partial charge >= 0.3 is 6.09 Å². The van der Waals surface area contributed by atoms with Crippen molar-refractivity contribution in [2.45, 2.75) is 19.4 Å². The molecular weight excluding hydrogens is 174 g/mol. The molecular formula is C8H11NO2S. The van der Waals surface area contributed by atoms with Gasteiger partial charge in [-0.25, -0.2) is 4.79 Å². The molecule has 1 heterocycles. The van der Waals surface area contributed by atoms with Crippen molar-refractivity contribution in [2.24, 2.45) is 5.73 Å². The largest absolute Gasteiger partial charge is 0.446 e. The summed E-state index contributed by atoms with van der Waals surface area (Å²) in [5, 5.41) is 1.99. The molecule has 1 amide bonds. The van der Waals surface area contributed by atoms with E-state index in [9.17, 15) is 4.79 Å². The second-order valence-corrected chi connectivity index (χ2v) is 3.56. The molecule has 1 aromatic heterocycles. The third-order valence-corrected chi connectivity index (χ3v) is 2.28. The van der Waals surface area contributed by atoms with Crippen LogP contribution in [0.5, 0.6) is 0 Å². The van der Waals surface area contributed by atoms with E-state index in [-0.39, 0.29) is 6.10 Å². The molecule has 1 rings (SSSR count). The van der Waals surface area contributed by atoms with Crippen molar-refractivity contribution in [1.29, 1.82) is 0 Å². The molecule has 1 aromatic rings. The number of primary amides is 1. The average Bonchev–Trinajstić information content (AvgIpc) is 2.37. The molecule has 0 fully saturated rings. The smallest absolute Gasteiger partial charge is 0.404 e. The fraction of sp³-hybridized carbons (Fsp3) is 0.375. The van der Waals surface area contributed by atoms with Crippen LogP contribution in [0.1, 0.15) is 11.8 Å². The third-order valence-electron chi connectivity index (χ3n) is 1.39. The molecule has 0 aromatic carbocycles. The minimum Gasteiger partial charge on any atom is -0.446 e. The topological polar surface area (TPSA) is 52.3 Å². The molecule has 0 bridgehead atoms. The predicted molar refractivity (Wildman–Crippen MR) is 48.2 cm³/mol. The number of rotatable bonds is 3. The zero-order valence-electron chi connectivity index (χ0n) is 6.82. The van der Waals surface area contributed by atoms with Crippen molar-refractivity contribution in [2.75, 3.05) is 0 Å². The van der Waals surface area contributed by atoms with Gasteiger partial charge in [0, 0.05) is 11.3 Å². The van der Waals surface area contributed by atoms with Gasteiger partial charge in [0.25, 0.3) is 0 Å². The van der Waals surface area contributed by atoms with Crippen LogP contribution in [-0.4, -0.2) is 12.2 Å². The van der Waals surface area contributed by atoms with Gasteiger partial charge in [0.1, 0.15) is 6.10 Å². The fourth-order valence-corrected chi connectivity index (χ4v) is 1.77. The Labute approximate surface area is 75.1 Å². The lowest BCUT2D eigenvalue weighted by Gasteiger charge is -2.08. The maximum absolute atomic E-state index is 10.3. The Morgan fingerprint density at radius 1 is 1.83 bits per heavy atom. The molecule has 4 heteroatoms. The van der Waals surface area contributed by atoms with Gasteiger partial charge in [-0.15, -0.1) is 11.3 Å². The molecule has 0 aliphatic carbocycles. The highest BCUT2D eigenvalue weighted by Gasteiger charge is 2.06. The highest BCUT2D eigenvalue weighted by molar-refractivity contribution is 7.09. The minimum absolute atomic E-state index is 0.138. The second kappa shape index (κ2) is 4.11. The molecule has 66 valence electrons. The van der Waals surface area contributed by atoms with Gasteiger partial charge in [0.05, 0.1) is 0 Å². The first-order chi connectivity index (χ1) is 5.68.